The van der Waals surface area contributed by atoms with Crippen LogP contribution in [0.25, 0.3) is 0 Å². The molecule has 1 heterocycles. The van der Waals surface area contributed by atoms with Crippen molar-refractivity contribution in [1.29, 1.82) is 0 Å². The Balaban J connectivity index is 1.54. The summed E-state index contributed by atoms with van der Waals surface area (Å²) in [7, 11) is 3.20. The van der Waals surface area contributed by atoms with Gasteiger partial charge in [0.1, 0.15) is 18.3 Å². The first-order valence-corrected chi connectivity index (χ1v) is 14.9. The number of ether oxygens (including phenoxy) is 4. The van der Waals surface area contributed by atoms with E-state index in [1.54, 1.807) is 14.2 Å². The van der Waals surface area contributed by atoms with E-state index in [0.29, 0.717) is 60.3 Å². The van der Waals surface area contributed by atoms with Gasteiger partial charge in [0.15, 0.2) is 17.3 Å². The lowest BCUT2D eigenvalue weighted by Crippen LogP contribution is -2.38. The van der Waals surface area contributed by atoms with Gasteiger partial charge in [-0.3, -0.25) is 14.6 Å². The fraction of sp³-hybridized carbons (Fsp3) is 0.361. The molecule has 0 spiro atoms. The normalized spacial score (nSPS) is 19.8. The van der Waals surface area contributed by atoms with E-state index < -0.39 is 11.8 Å². The molecule has 0 saturated heterocycles. The van der Waals surface area contributed by atoms with Crippen molar-refractivity contribution in [3.63, 3.8) is 0 Å². The SMILES string of the molecule is CCCCOC(=O)C1C(C)=NC2=C(C(=O)C[C@@H](c3ccc(OC)c(OC)c3)C2)[C@H]1c1ccccc1OCc1ccccc1. The first-order valence-electron chi connectivity index (χ1n) is 14.9. The molecule has 1 aliphatic carbocycles. The predicted octanol–water partition coefficient (Wildman–Crippen LogP) is 7.20. The third kappa shape index (κ3) is 6.51. The molecule has 0 bridgehead atoms. The quantitative estimate of drug-likeness (QED) is 0.176. The van der Waals surface area contributed by atoms with E-state index in [2.05, 4.69) is 6.92 Å². The zero-order valence-corrected chi connectivity index (χ0v) is 25.3. The van der Waals surface area contributed by atoms with E-state index in [9.17, 15) is 9.59 Å². The third-order valence-corrected chi connectivity index (χ3v) is 8.25. The van der Waals surface area contributed by atoms with E-state index in [1.807, 2.05) is 79.7 Å². The summed E-state index contributed by atoms with van der Waals surface area (Å²) < 4.78 is 23.0. The van der Waals surface area contributed by atoms with E-state index in [4.69, 9.17) is 23.9 Å². The second kappa shape index (κ2) is 13.7. The summed E-state index contributed by atoms with van der Waals surface area (Å²) in [6.07, 6.45) is 2.55. The first-order chi connectivity index (χ1) is 20.9. The molecular weight excluding hydrogens is 542 g/mol. The van der Waals surface area contributed by atoms with Crippen LogP contribution in [0.1, 0.15) is 68.1 Å². The number of aliphatic imine (C=N–C) groups is 1. The minimum absolute atomic E-state index is 0.0218. The van der Waals surface area contributed by atoms with Gasteiger partial charge in [-0.15, -0.1) is 0 Å². The first kappa shape index (κ1) is 30.1. The van der Waals surface area contributed by atoms with E-state index in [0.717, 1.165) is 29.5 Å². The number of esters is 1. The van der Waals surface area contributed by atoms with Gasteiger partial charge in [-0.25, -0.2) is 0 Å². The van der Waals surface area contributed by atoms with Crippen LogP contribution in [0.5, 0.6) is 17.2 Å². The molecule has 3 atom stereocenters. The fourth-order valence-corrected chi connectivity index (χ4v) is 6.05. The molecule has 0 N–H and O–H groups in total. The van der Waals surface area contributed by atoms with Crippen molar-refractivity contribution < 1.29 is 28.5 Å². The Morgan fingerprint density at radius 2 is 1.65 bits per heavy atom. The molecule has 224 valence electrons. The van der Waals surface area contributed by atoms with Gasteiger partial charge in [0.25, 0.3) is 0 Å². The van der Waals surface area contributed by atoms with Crippen molar-refractivity contribution in [3.8, 4) is 17.2 Å². The predicted molar refractivity (Wildman–Crippen MR) is 166 cm³/mol. The van der Waals surface area contributed by atoms with Crippen molar-refractivity contribution in [2.45, 2.75) is 58.0 Å². The molecule has 3 aromatic rings. The summed E-state index contributed by atoms with van der Waals surface area (Å²) in [5.41, 5.74) is 4.74. The number of hydrogen-bond donors (Lipinski definition) is 0. The van der Waals surface area contributed by atoms with Gasteiger partial charge in [0.05, 0.1) is 20.8 Å². The van der Waals surface area contributed by atoms with Gasteiger partial charge in [-0.05, 0) is 55.0 Å². The maximum absolute atomic E-state index is 14.1. The van der Waals surface area contributed by atoms with Crippen LogP contribution in [0.4, 0.5) is 0 Å². The number of nitrogens with zero attached hydrogens (tertiary/aromatic N) is 1. The molecule has 7 heteroatoms. The smallest absolute Gasteiger partial charge is 0.315 e. The standard InChI is InChI=1S/C36H39NO6/c1-5-6-18-42-36(39)33-23(2)37-28-19-26(25-16-17-31(40-3)32(21-25)41-4)20-29(38)35(28)34(33)27-14-10-11-15-30(27)43-22-24-12-8-7-9-13-24/h7-17,21,26,33-34H,5-6,18-20,22H2,1-4H3/t26-,33?,34-/m0/s1. The number of carbonyl (C=O) groups excluding carboxylic acids is 2. The van der Waals surface area contributed by atoms with E-state index in [1.165, 1.54) is 0 Å². The molecule has 7 nitrogen and oxygen atoms in total. The van der Waals surface area contributed by atoms with Crippen molar-refractivity contribution in [2.24, 2.45) is 10.9 Å². The highest BCUT2D eigenvalue weighted by atomic mass is 16.5. The molecular formula is C36H39NO6. The minimum atomic E-state index is -0.723. The van der Waals surface area contributed by atoms with Crippen molar-refractivity contribution in [3.05, 3.63) is 101 Å². The highest BCUT2D eigenvalue weighted by molar-refractivity contribution is 6.09. The van der Waals surface area contributed by atoms with Crippen LogP contribution in [-0.4, -0.2) is 38.3 Å². The number of ketones is 1. The molecule has 0 fully saturated rings. The molecule has 1 unspecified atom stereocenters. The molecule has 0 radical (unpaired) electrons. The topological polar surface area (TPSA) is 83.4 Å². The summed E-state index contributed by atoms with van der Waals surface area (Å²) in [4.78, 5) is 32.7. The van der Waals surface area contributed by atoms with Crippen LogP contribution < -0.4 is 14.2 Å². The van der Waals surface area contributed by atoms with E-state index in [-0.39, 0.29) is 17.7 Å². The Labute approximate surface area is 253 Å². The zero-order valence-electron chi connectivity index (χ0n) is 25.3. The van der Waals surface area contributed by atoms with Gasteiger partial charge in [0, 0.05) is 34.9 Å². The number of Topliss-reactive ketones (excluding diaryl/α,β-unsaturated/α-hetero) is 1. The van der Waals surface area contributed by atoms with Gasteiger partial charge < -0.3 is 18.9 Å². The molecule has 1 aliphatic heterocycles. The number of para-hydroxylation sites is 1. The fourth-order valence-electron chi connectivity index (χ4n) is 6.05. The minimum Gasteiger partial charge on any atom is -0.493 e. The van der Waals surface area contributed by atoms with Crippen molar-refractivity contribution >= 4 is 17.5 Å². The number of rotatable bonds is 11. The Hall–Kier alpha value is -4.39. The molecule has 43 heavy (non-hydrogen) atoms. The van der Waals surface area contributed by atoms with Crippen LogP contribution in [0, 0.1) is 5.92 Å². The van der Waals surface area contributed by atoms with Crippen LogP contribution >= 0.6 is 0 Å². The number of unbranched alkanes of at least 4 members (excludes halogenated alkanes) is 1. The number of benzene rings is 3. The van der Waals surface area contributed by atoms with Gasteiger partial charge in [0.2, 0.25) is 0 Å². The Morgan fingerprint density at radius 1 is 0.907 bits per heavy atom. The molecule has 0 aromatic heterocycles. The summed E-state index contributed by atoms with van der Waals surface area (Å²) >= 11 is 0. The van der Waals surface area contributed by atoms with E-state index >= 15 is 0 Å². The van der Waals surface area contributed by atoms with Crippen LogP contribution in [0.15, 0.2) is 89.1 Å². The third-order valence-electron chi connectivity index (χ3n) is 8.25. The Morgan fingerprint density at radius 3 is 2.40 bits per heavy atom. The summed E-state index contributed by atoms with van der Waals surface area (Å²) in [5.74, 6) is 0.140. The lowest BCUT2D eigenvalue weighted by molar-refractivity contribution is -0.146. The van der Waals surface area contributed by atoms with Gasteiger partial charge in [-0.2, -0.15) is 0 Å². The van der Waals surface area contributed by atoms with Crippen molar-refractivity contribution in [1.82, 2.24) is 0 Å². The number of hydrogen-bond acceptors (Lipinski definition) is 7. The van der Waals surface area contributed by atoms with Crippen molar-refractivity contribution in [2.75, 3.05) is 20.8 Å². The number of methoxy groups -OCH3 is 2. The second-order valence-corrected chi connectivity index (χ2v) is 11.0. The monoisotopic (exact) mass is 581 g/mol. The Bertz CT molecular complexity index is 1530. The maximum Gasteiger partial charge on any atom is 0.315 e. The molecule has 2 aliphatic rings. The van der Waals surface area contributed by atoms with Gasteiger partial charge in [-0.1, -0.05) is 67.9 Å². The average molecular weight is 582 g/mol. The Kier molecular flexibility index (Phi) is 9.60. The lowest BCUT2D eigenvalue weighted by Gasteiger charge is -2.37. The average Bonchev–Trinajstić information content (AvgIpc) is 3.03. The second-order valence-electron chi connectivity index (χ2n) is 11.0. The van der Waals surface area contributed by atoms with Crippen LogP contribution in [0.3, 0.4) is 0 Å². The molecule has 5 rings (SSSR count). The maximum atomic E-state index is 14.1. The number of carbonyl (C=O) groups is 2. The zero-order chi connectivity index (χ0) is 30.3. The molecule has 0 amide bonds. The van der Waals surface area contributed by atoms with Gasteiger partial charge >= 0.3 is 5.97 Å². The summed E-state index contributed by atoms with van der Waals surface area (Å²) in [5, 5.41) is 0. The largest absolute Gasteiger partial charge is 0.493 e. The lowest BCUT2D eigenvalue weighted by atomic mass is 9.69. The number of allylic oxidation sites excluding steroid dienone is 2. The van der Waals surface area contributed by atoms with Crippen LogP contribution in [0.2, 0.25) is 0 Å². The molecule has 3 aromatic carbocycles. The summed E-state index contributed by atoms with van der Waals surface area (Å²) in [6, 6.07) is 23.4. The molecule has 0 saturated carbocycles. The highest BCUT2D eigenvalue weighted by Gasteiger charge is 2.45. The highest BCUT2D eigenvalue weighted by Crippen LogP contribution is 2.49. The van der Waals surface area contributed by atoms with Crippen LogP contribution in [-0.2, 0) is 20.9 Å². The summed E-state index contributed by atoms with van der Waals surface area (Å²) in [6.45, 7) is 4.61.